The number of carbonyl (C=O) groups is 4. The predicted octanol–water partition coefficient (Wildman–Crippen LogP) is 11.7. The molecular formula is C51H68O11. The molecule has 0 aliphatic carbocycles. The van der Waals surface area contributed by atoms with Crippen LogP contribution in [-0.4, -0.2) is 57.9 Å². The normalized spacial score (nSPS) is 10.8. The lowest BCUT2D eigenvalue weighted by atomic mass is 10.0. The van der Waals surface area contributed by atoms with Gasteiger partial charge in [-0.05, 0) is 105 Å². The Hall–Kier alpha value is -5.42. The van der Waals surface area contributed by atoms with Gasteiger partial charge in [0.15, 0.2) is 5.75 Å². The van der Waals surface area contributed by atoms with Crippen molar-refractivity contribution in [1.29, 1.82) is 0 Å². The summed E-state index contributed by atoms with van der Waals surface area (Å²) in [5.41, 5.74) is 3.97. The van der Waals surface area contributed by atoms with Crippen LogP contribution >= 0.6 is 0 Å². The molecule has 0 spiro atoms. The van der Waals surface area contributed by atoms with Crippen molar-refractivity contribution in [2.24, 2.45) is 0 Å². The van der Waals surface area contributed by atoms with E-state index in [0.29, 0.717) is 41.4 Å². The zero-order valence-corrected chi connectivity index (χ0v) is 37.5. The van der Waals surface area contributed by atoms with Crippen molar-refractivity contribution in [3.8, 4) is 17.2 Å². The average molecular weight is 857 g/mol. The molecule has 0 N–H and O–H groups in total. The van der Waals surface area contributed by atoms with Crippen LogP contribution in [0.4, 0.5) is 0 Å². The van der Waals surface area contributed by atoms with Crippen LogP contribution in [0.1, 0.15) is 154 Å². The Bertz CT molecular complexity index is 1860. The van der Waals surface area contributed by atoms with Gasteiger partial charge in [0, 0.05) is 5.57 Å². The Morgan fingerprint density at radius 1 is 0.532 bits per heavy atom. The molecule has 0 aliphatic heterocycles. The Kier molecular flexibility index (Phi) is 24.5. The average Bonchev–Trinajstić information content (AvgIpc) is 3.28. The van der Waals surface area contributed by atoms with Crippen LogP contribution < -0.4 is 14.4 Å². The lowest BCUT2D eigenvalue weighted by molar-refractivity contribution is -0.208. The van der Waals surface area contributed by atoms with Gasteiger partial charge in [0.05, 0.1) is 45.2 Å². The first-order chi connectivity index (χ1) is 30.1. The van der Waals surface area contributed by atoms with Gasteiger partial charge >= 0.3 is 23.9 Å². The van der Waals surface area contributed by atoms with E-state index in [0.717, 1.165) is 121 Å². The largest absolute Gasteiger partial charge is 0.493 e. The highest BCUT2D eigenvalue weighted by molar-refractivity contribution is 6.15. The van der Waals surface area contributed by atoms with Crippen LogP contribution in [0, 0.1) is 0 Å². The highest BCUT2D eigenvalue weighted by atomic mass is 17.2. The number of hydrogen-bond acceptors (Lipinski definition) is 11. The summed E-state index contributed by atoms with van der Waals surface area (Å²) >= 11 is 0. The van der Waals surface area contributed by atoms with Crippen LogP contribution in [0.5, 0.6) is 17.2 Å². The van der Waals surface area contributed by atoms with Crippen LogP contribution in [0.2, 0.25) is 0 Å². The zero-order chi connectivity index (χ0) is 45.0. The monoisotopic (exact) mass is 856 g/mol. The number of unbranched alkanes of at least 4 members (excludes halogenated alkanes) is 13. The van der Waals surface area contributed by atoms with Gasteiger partial charge in [-0.25, -0.2) is 19.2 Å². The molecule has 11 nitrogen and oxygen atoms in total. The minimum atomic E-state index is -0.529. The molecule has 0 saturated heterocycles. The number of methoxy groups -OCH3 is 2. The molecule has 0 unspecified atom stereocenters. The third-order valence-corrected chi connectivity index (χ3v) is 10.4. The maximum Gasteiger partial charge on any atom is 0.343 e. The summed E-state index contributed by atoms with van der Waals surface area (Å²) in [6.07, 6.45) is 17.7. The van der Waals surface area contributed by atoms with Crippen LogP contribution in [0.25, 0.3) is 5.57 Å². The molecule has 3 rings (SSSR count). The van der Waals surface area contributed by atoms with Gasteiger partial charge in [0.2, 0.25) is 5.75 Å². The molecule has 0 bridgehead atoms. The van der Waals surface area contributed by atoms with Gasteiger partial charge in [-0.2, -0.15) is 4.89 Å². The predicted molar refractivity (Wildman–Crippen MR) is 241 cm³/mol. The van der Waals surface area contributed by atoms with Gasteiger partial charge in [-0.3, -0.25) is 0 Å². The van der Waals surface area contributed by atoms with Crippen molar-refractivity contribution in [3.63, 3.8) is 0 Å². The van der Waals surface area contributed by atoms with Crippen LogP contribution in [-0.2, 0) is 41.5 Å². The number of rotatable bonds is 32. The highest BCUT2D eigenvalue weighted by Gasteiger charge is 2.19. The molecule has 0 radical (unpaired) electrons. The number of benzene rings is 3. The first-order valence-corrected chi connectivity index (χ1v) is 22.3. The summed E-state index contributed by atoms with van der Waals surface area (Å²) in [4.78, 5) is 60.9. The number of carbonyl (C=O) groups excluding carboxylic acids is 4. The van der Waals surface area contributed by atoms with Crippen LogP contribution in [0.3, 0.4) is 0 Å². The summed E-state index contributed by atoms with van der Waals surface area (Å²) in [5.74, 6) is -0.927. The van der Waals surface area contributed by atoms with Gasteiger partial charge in [0.25, 0.3) is 0 Å². The van der Waals surface area contributed by atoms with Crippen molar-refractivity contribution in [3.05, 3.63) is 107 Å². The fraction of sp³-hybridized carbons (Fsp3) is 0.490. The summed E-state index contributed by atoms with van der Waals surface area (Å²) in [5, 5.41) is 0. The zero-order valence-electron chi connectivity index (χ0n) is 37.5. The molecule has 0 amide bonds. The Labute approximate surface area is 369 Å². The highest BCUT2D eigenvalue weighted by Crippen LogP contribution is 2.31. The van der Waals surface area contributed by atoms with Crippen LogP contribution in [0.15, 0.2) is 79.4 Å². The first kappa shape index (κ1) is 50.9. The minimum Gasteiger partial charge on any atom is -0.493 e. The molecule has 11 heteroatoms. The van der Waals surface area contributed by atoms with E-state index in [4.69, 9.17) is 33.5 Å². The quantitative estimate of drug-likeness (QED) is 0.0113. The molecule has 0 fully saturated rings. The van der Waals surface area contributed by atoms with E-state index in [1.807, 2.05) is 18.2 Å². The topological polar surface area (TPSA) is 133 Å². The summed E-state index contributed by atoms with van der Waals surface area (Å²) in [7, 11) is 2.80. The molecule has 0 heterocycles. The number of esters is 4. The number of aryl methyl sites for hydroxylation is 2. The van der Waals surface area contributed by atoms with E-state index in [1.54, 1.807) is 49.4 Å². The second-order valence-corrected chi connectivity index (χ2v) is 15.5. The lowest BCUT2D eigenvalue weighted by Gasteiger charge is -2.13. The smallest absolute Gasteiger partial charge is 0.343 e. The van der Waals surface area contributed by atoms with Gasteiger partial charge in [0.1, 0.15) is 11.3 Å². The molecule has 0 aromatic heterocycles. The third-order valence-electron chi connectivity index (χ3n) is 10.4. The molecule has 0 atom stereocenters. The maximum atomic E-state index is 13.5. The lowest BCUT2D eigenvalue weighted by Crippen LogP contribution is -2.14. The summed E-state index contributed by atoms with van der Waals surface area (Å²) < 4.78 is 26.8. The third kappa shape index (κ3) is 19.1. The fourth-order valence-corrected chi connectivity index (χ4v) is 6.61. The molecule has 62 heavy (non-hydrogen) atoms. The molecular weight excluding hydrogens is 789 g/mol. The first-order valence-electron chi connectivity index (χ1n) is 22.3. The molecule has 338 valence electrons. The minimum absolute atomic E-state index is 0.182. The summed E-state index contributed by atoms with van der Waals surface area (Å²) in [6, 6.07) is 17.8. The van der Waals surface area contributed by atoms with E-state index < -0.39 is 17.9 Å². The van der Waals surface area contributed by atoms with Crippen molar-refractivity contribution in [2.45, 2.75) is 129 Å². The summed E-state index contributed by atoms with van der Waals surface area (Å²) in [6.45, 7) is 12.3. The van der Waals surface area contributed by atoms with E-state index in [-0.39, 0.29) is 29.5 Å². The number of ether oxygens (including phenoxy) is 5. The second kappa shape index (κ2) is 29.8. The molecule has 3 aromatic carbocycles. The van der Waals surface area contributed by atoms with E-state index >= 15 is 0 Å². The van der Waals surface area contributed by atoms with E-state index in [9.17, 15) is 19.2 Å². The van der Waals surface area contributed by atoms with Gasteiger partial charge in [-0.15, -0.1) is 0 Å². The van der Waals surface area contributed by atoms with Crippen molar-refractivity contribution < 1.29 is 52.6 Å². The second-order valence-electron chi connectivity index (χ2n) is 15.5. The SMILES string of the molecule is C=C(C)C(=O)OCCCCCCCCCCCOC(=O)c1cc(CCCCCCOOc2ccc(C(=C)C(=O)OC)cc2OC)ccc1OC(=O)c1ccc(CCCCC)cc1. The number of hydrogen-bond donors (Lipinski definition) is 0. The van der Waals surface area contributed by atoms with Gasteiger partial charge in [-0.1, -0.05) is 115 Å². The molecule has 0 saturated carbocycles. The van der Waals surface area contributed by atoms with Crippen molar-refractivity contribution >= 4 is 29.5 Å². The molecule has 0 aliphatic rings. The Morgan fingerprint density at radius 3 is 1.71 bits per heavy atom. The van der Waals surface area contributed by atoms with Gasteiger partial charge < -0.3 is 28.6 Å². The van der Waals surface area contributed by atoms with Crippen molar-refractivity contribution in [2.75, 3.05) is 34.0 Å². The van der Waals surface area contributed by atoms with Crippen molar-refractivity contribution in [1.82, 2.24) is 0 Å². The molecule has 3 aromatic rings. The fourth-order valence-electron chi connectivity index (χ4n) is 6.61. The Morgan fingerprint density at radius 2 is 1.08 bits per heavy atom. The maximum absolute atomic E-state index is 13.5. The standard InChI is InChI=1S/C51H68O11/c1-7-8-18-23-40-25-28-42(29-26-40)50(54)61-45-31-27-41(24-19-14-17-22-35-60-62-46-32-30-43(37-47(46)56-5)39(4)49(53)57-6)36-44(45)51(55)59-34-21-16-13-11-9-10-12-15-20-33-58-48(52)38(2)3/h25-32,36-37H,2,4,7-24,33-35H2,1,3,5-6H3. The van der Waals surface area contributed by atoms with E-state index in [2.05, 4.69) is 20.1 Å². The van der Waals surface area contributed by atoms with E-state index in [1.165, 1.54) is 19.8 Å². The Balaban J connectivity index is 1.46.